The van der Waals surface area contributed by atoms with Crippen molar-refractivity contribution >= 4 is 17.7 Å². The molecule has 5 heteroatoms. The van der Waals surface area contributed by atoms with Gasteiger partial charge in [-0.2, -0.15) is 0 Å². The summed E-state index contributed by atoms with van der Waals surface area (Å²) >= 11 is 0. The highest BCUT2D eigenvalue weighted by Crippen LogP contribution is 2.22. The molecule has 0 unspecified atom stereocenters. The number of aliphatic carboxylic acids is 1. The number of carbonyl (C=O) groups excluding carboxylic acids is 1. The molecule has 2 rings (SSSR count). The highest BCUT2D eigenvalue weighted by Gasteiger charge is 2.14. The Balaban J connectivity index is 1.75. The summed E-state index contributed by atoms with van der Waals surface area (Å²) < 4.78 is 0. The van der Waals surface area contributed by atoms with Crippen LogP contribution in [0.4, 0.5) is 10.5 Å². The van der Waals surface area contributed by atoms with Gasteiger partial charge in [0.25, 0.3) is 0 Å². The molecule has 1 aromatic rings. The zero-order valence-corrected chi connectivity index (χ0v) is 12.1. The van der Waals surface area contributed by atoms with E-state index in [4.69, 9.17) is 5.11 Å². The van der Waals surface area contributed by atoms with Crippen molar-refractivity contribution in [3.8, 4) is 0 Å². The molecular weight excluding hydrogens is 268 g/mol. The summed E-state index contributed by atoms with van der Waals surface area (Å²) in [6, 6.07) is 6.67. The van der Waals surface area contributed by atoms with Gasteiger partial charge in [0.1, 0.15) is 0 Å². The van der Waals surface area contributed by atoms with E-state index in [2.05, 4.69) is 10.6 Å². The van der Waals surface area contributed by atoms with Crippen molar-refractivity contribution in [3.63, 3.8) is 0 Å². The molecule has 0 heterocycles. The first-order valence-electron chi connectivity index (χ1n) is 7.49. The summed E-state index contributed by atoms with van der Waals surface area (Å²) in [6.45, 7) is 0.725. The van der Waals surface area contributed by atoms with Crippen molar-refractivity contribution in [1.29, 1.82) is 0 Å². The molecule has 0 atom stereocenters. The molecule has 0 radical (unpaired) electrons. The Kier molecular flexibility index (Phi) is 5.60. The fourth-order valence-corrected chi connectivity index (χ4v) is 2.68. The number of anilines is 1. The van der Waals surface area contributed by atoms with Crippen molar-refractivity contribution in [2.24, 2.45) is 5.92 Å². The summed E-state index contributed by atoms with van der Waals surface area (Å²) in [7, 11) is 0. The Morgan fingerprint density at radius 3 is 2.38 bits per heavy atom. The van der Waals surface area contributed by atoms with Crippen LogP contribution in [0.15, 0.2) is 24.3 Å². The number of hydrogen-bond donors (Lipinski definition) is 3. The zero-order valence-electron chi connectivity index (χ0n) is 12.1. The van der Waals surface area contributed by atoms with E-state index in [1.165, 1.54) is 32.1 Å². The second kappa shape index (κ2) is 7.67. The Morgan fingerprint density at radius 2 is 1.76 bits per heavy atom. The standard InChI is InChI=1S/C16H22N2O3/c19-15(20)10-12-6-8-14(9-7-12)18-16(21)17-11-13-4-2-1-3-5-13/h6-9,13H,1-5,10-11H2,(H,19,20)(H2,17,18,21). The predicted molar refractivity (Wildman–Crippen MR) is 81.4 cm³/mol. The molecule has 1 aromatic carbocycles. The molecule has 3 N–H and O–H groups in total. The van der Waals surface area contributed by atoms with Crippen molar-refractivity contribution in [1.82, 2.24) is 5.32 Å². The number of carboxylic acids is 1. The molecule has 2 amide bonds. The molecule has 21 heavy (non-hydrogen) atoms. The normalized spacial score (nSPS) is 15.4. The molecule has 5 nitrogen and oxygen atoms in total. The molecule has 0 bridgehead atoms. The maximum Gasteiger partial charge on any atom is 0.319 e. The van der Waals surface area contributed by atoms with Gasteiger partial charge in [0, 0.05) is 12.2 Å². The number of carbonyl (C=O) groups is 2. The number of nitrogens with one attached hydrogen (secondary N) is 2. The lowest BCUT2D eigenvalue weighted by Crippen LogP contribution is -2.33. The number of amides is 2. The topological polar surface area (TPSA) is 78.4 Å². The van der Waals surface area contributed by atoms with E-state index < -0.39 is 5.97 Å². The SMILES string of the molecule is O=C(O)Cc1ccc(NC(=O)NCC2CCCCC2)cc1. The Hall–Kier alpha value is -2.04. The average Bonchev–Trinajstić information content (AvgIpc) is 2.48. The lowest BCUT2D eigenvalue weighted by atomic mass is 9.89. The molecule has 1 aliphatic rings. The van der Waals surface area contributed by atoms with Gasteiger partial charge in [-0.05, 0) is 36.5 Å². The molecule has 0 spiro atoms. The summed E-state index contributed by atoms with van der Waals surface area (Å²) in [4.78, 5) is 22.4. The second-order valence-corrected chi connectivity index (χ2v) is 5.61. The van der Waals surface area contributed by atoms with Gasteiger partial charge < -0.3 is 15.7 Å². The van der Waals surface area contributed by atoms with Crippen LogP contribution in [0.5, 0.6) is 0 Å². The average molecular weight is 290 g/mol. The van der Waals surface area contributed by atoms with Crippen molar-refractivity contribution in [3.05, 3.63) is 29.8 Å². The molecule has 0 aliphatic heterocycles. The third-order valence-corrected chi connectivity index (χ3v) is 3.84. The van der Waals surface area contributed by atoms with E-state index in [9.17, 15) is 9.59 Å². The summed E-state index contributed by atoms with van der Waals surface area (Å²) in [5, 5.41) is 14.4. The van der Waals surface area contributed by atoms with Crippen LogP contribution >= 0.6 is 0 Å². The third-order valence-electron chi connectivity index (χ3n) is 3.84. The van der Waals surface area contributed by atoms with Gasteiger partial charge in [0.15, 0.2) is 0 Å². The van der Waals surface area contributed by atoms with Gasteiger partial charge in [0.05, 0.1) is 6.42 Å². The van der Waals surface area contributed by atoms with Gasteiger partial charge in [-0.1, -0.05) is 31.4 Å². The van der Waals surface area contributed by atoms with E-state index in [0.717, 1.165) is 12.1 Å². The smallest absolute Gasteiger partial charge is 0.319 e. The minimum atomic E-state index is -0.860. The van der Waals surface area contributed by atoms with Crippen molar-refractivity contribution in [2.75, 3.05) is 11.9 Å². The van der Waals surface area contributed by atoms with Gasteiger partial charge >= 0.3 is 12.0 Å². The second-order valence-electron chi connectivity index (χ2n) is 5.61. The quantitative estimate of drug-likeness (QED) is 0.780. The molecule has 1 aliphatic carbocycles. The molecule has 1 fully saturated rings. The fourth-order valence-electron chi connectivity index (χ4n) is 2.68. The van der Waals surface area contributed by atoms with Crippen LogP contribution in [0.2, 0.25) is 0 Å². The maximum absolute atomic E-state index is 11.8. The first kappa shape index (κ1) is 15.4. The third kappa shape index (κ3) is 5.45. The lowest BCUT2D eigenvalue weighted by Gasteiger charge is -2.21. The summed E-state index contributed by atoms with van der Waals surface area (Å²) in [6.07, 6.45) is 6.23. The van der Waals surface area contributed by atoms with E-state index in [-0.39, 0.29) is 12.5 Å². The van der Waals surface area contributed by atoms with Crippen LogP contribution in [0.25, 0.3) is 0 Å². The first-order valence-corrected chi connectivity index (χ1v) is 7.49. The van der Waals surface area contributed by atoms with Crippen LogP contribution in [-0.2, 0) is 11.2 Å². The van der Waals surface area contributed by atoms with Crippen LogP contribution in [-0.4, -0.2) is 23.7 Å². The predicted octanol–water partition coefficient (Wildman–Crippen LogP) is 3.02. The Labute approximate surface area is 124 Å². The zero-order chi connectivity index (χ0) is 15.1. The number of hydrogen-bond acceptors (Lipinski definition) is 2. The molecular formula is C16H22N2O3. The van der Waals surface area contributed by atoms with Crippen LogP contribution in [0, 0.1) is 5.92 Å². The number of carboxylic acid groups (broad SMARTS) is 1. The highest BCUT2D eigenvalue weighted by molar-refractivity contribution is 5.89. The number of urea groups is 1. The summed E-state index contributed by atoms with van der Waals surface area (Å²) in [5.41, 5.74) is 1.39. The molecule has 114 valence electrons. The number of benzene rings is 1. The van der Waals surface area contributed by atoms with E-state index in [1.807, 2.05) is 0 Å². The van der Waals surface area contributed by atoms with Crippen LogP contribution in [0.3, 0.4) is 0 Å². The van der Waals surface area contributed by atoms with Crippen molar-refractivity contribution < 1.29 is 14.7 Å². The van der Waals surface area contributed by atoms with Gasteiger partial charge in [-0.25, -0.2) is 4.79 Å². The van der Waals surface area contributed by atoms with Gasteiger partial charge in [-0.15, -0.1) is 0 Å². The molecule has 0 saturated heterocycles. The maximum atomic E-state index is 11.8. The van der Waals surface area contributed by atoms with Crippen LogP contribution < -0.4 is 10.6 Å². The van der Waals surface area contributed by atoms with E-state index in [1.54, 1.807) is 24.3 Å². The first-order chi connectivity index (χ1) is 10.1. The minimum absolute atomic E-state index is 0.00580. The molecule has 1 saturated carbocycles. The number of rotatable bonds is 5. The fraction of sp³-hybridized carbons (Fsp3) is 0.500. The largest absolute Gasteiger partial charge is 0.481 e. The minimum Gasteiger partial charge on any atom is -0.481 e. The monoisotopic (exact) mass is 290 g/mol. The van der Waals surface area contributed by atoms with E-state index >= 15 is 0 Å². The Morgan fingerprint density at radius 1 is 1.10 bits per heavy atom. The van der Waals surface area contributed by atoms with E-state index in [0.29, 0.717) is 11.6 Å². The summed E-state index contributed by atoms with van der Waals surface area (Å²) in [5.74, 6) is -0.261. The Bertz CT molecular complexity index is 479. The van der Waals surface area contributed by atoms with Gasteiger partial charge in [0.2, 0.25) is 0 Å². The lowest BCUT2D eigenvalue weighted by molar-refractivity contribution is -0.136. The van der Waals surface area contributed by atoms with Crippen molar-refractivity contribution in [2.45, 2.75) is 38.5 Å². The highest BCUT2D eigenvalue weighted by atomic mass is 16.4. The van der Waals surface area contributed by atoms with Gasteiger partial charge in [-0.3, -0.25) is 4.79 Å². The molecule has 0 aromatic heterocycles. The van der Waals surface area contributed by atoms with Crippen LogP contribution in [0.1, 0.15) is 37.7 Å².